The summed E-state index contributed by atoms with van der Waals surface area (Å²) in [5.74, 6) is 0.417. The Balaban J connectivity index is 1.93. The van der Waals surface area contributed by atoms with Crippen molar-refractivity contribution in [3.05, 3.63) is 58.5 Å². The first-order chi connectivity index (χ1) is 13.2. The molecule has 0 saturated carbocycles. The van der Waals surface area contributed by atoms with Crippen LogP contribution in [-0.4, -0.2) is 19.7 Å². The molecule has 1 atom stereocenters. The first kappa shape index (κ1) is 19.6. The van der Waals surface area contributed by atoms with Gasteiger partial charge in [-0.1, -0.05) is 29.8 Å². The van der Waals surface area contributed by atoms with E-state index in [1.807, 2.05) is 6.07 Å². The number of nitrogens with zero attached hydrogens (tertiary/aromatic N) is 5. The monoisotopic (exact) mass is 407 g/mol. The molecule has 0 aliphatic rings. The summed E-state index contributed by atoms with van der Waals surface area (Å²) in [6.07, 6.45) is -3.93. The van der Waals surface area contributed by atoms with E-state index in [0.717, 1.165) is 6.07 Å². The normalized spacial score (nSPS) is 12.5. The maximum atomic E-state index is 13.3. The van der Waals surface area contributed by atoms with Crippen LogP contribution in [0.2, 0.25) is 5.02 Å². The number of rotatable bonds is 4. The van der Waals surface area contributed by atoms with Crippen LogP contribution in [0.3, 0.4) is 0 Å². The molecule has 0 bridgehead atoms. The van der Waals surface area contributed by atoms with Crippen molar-refractivity contribution >= 4 is 11.6 Å². The molecule has 28 heavy (non-hydrogen) atoms. The smallest absolute Gasteiger partial charge is 0.417 e. The molecule has 0 unspecified atom stereocenters. The molecule has 144 valence electrons. The third-order valence-electron chi connectivity index (χ3n) is 3.97. The molecular weight excluding hydrogens is 395 g/mol. The number of hydrogen-bond acceptors (Lipinski definition) is 5. The zero-order chi connectivity index (χ0) is 20.5. The van der Waals surface area contributed by atoms with Gasteiger partial charge in [-0.15, -0.1) is 10.2 Å². The predicted molar refractivity (Wildman–Crippen MR) is 94.4 cm³/mol. The minimum absolute atomic E-state index is 0.0530. The van der Waals surface area contributed by atoms with Crippen LogP contribution >= 0.6 is 11.6 Å². The molecule has 0 saturated heterocycles. The van der Waals surface area contributed by atoms with Gasteiger partial charge in [0.05, 0.1) is 11.1 Å². The molecule has 6 nitrogen and oxygen atoms in total. The van der Waals surface area contributed by atoms with Gasteiger partial charge in [-0.2, -0.15) is 18.4 Å². The number of halogens is 4. The fourth-order valence-electron chi connectivity index (χ4n) is 2.65. The van der Waals surface area contributed by atoms with Crippen LogP contribution in [0.5, 0.6) is 5.88 Å². The molecule has 0 radical (unpaired) electrons. The lowest BCUT2D eigenvalue weighted by Crippen LogP contribution is -2.12. The van der Waals surface area contributed by atoms with Gasteiger partial charge in [-0.25, -0.2) is 4.98 Å². The highest BCUT2D eigenvalue weighted by Crippen LogP contribution is 2.36. The predicted octanol–water partition coefficient (Wildman–Crippen LogP) is 4.56. The lowest BCUT2D eigenvalue weighted by molar-refractivity contribution is -0.137. The van der Waals surface area contributed by atoms with E-state index in [1.165, 1.54) is 35.0 Å². The molecule has 3 rings (SSSR count). The highest BCUT2D eigenvalue weighted by atomic mass is 35.5. The Labute approximate surface area is 163 Å². The van der Waals surface area contributed by atoms with Crippen molar-refractivity contribution in [1.29, 1.82) is 5.26 Å². The minimum atomic E-state index is -4.52. The van der Waals surface area contributed by atoms with Gasteiger partial charge in [0.25, 0.3) is 0 Å². The summed E-state index contributed by atoms with van der Waals surface area (Å²) in [5.41, 5.74) is -0.616. The van der Waals surface area contributed by atoms with E-state index in [2.05, 4.69) is 15.2 Å². The van der Waals surface area contributed by atoms with Crippen LogP contribution in [0.4, 0.5) is 13.2 Å². The largest absolute Gasteiger partial charge is 0.465 e. The second-order valence-corrected chi connectivity index (χ2v) is 6.27. The van der Waals surface area contributed by atoms with E-state index in [9.17, 15) is 13.2 Å². The Kier molecular flexibility index (Phi) is 5.25. The molecule has 1 aromatic carbocycles. The fraction of sp³-hybridized carbons (Fsp3) is 0.222. The average molecular weight is 408 g/mol. The Morgan fingerprint density at radius 3 is 2.61 bits per heavy atom. The number of aromatic nitrogens is 4. The van der Waals surface area contributed by atoms with E-state index in [0.29, 0.717) is 0 Å². The van der Waals surface area contributed by atoms with Gasteiger partial charge < -0.3 is 9.30 Å². The summed E-state index contributed by atoms with van der Waals surface area (Å²) in [7, 11) is 1.55. The molecular formula is C18H13ClF3N5O. The molecule has 10 heteroatoms. The maximum absolute atomic E-state index is 13.3. The van der Waals surface area contributed by atoms with Crippen molar-refractivity contribution in [3.8, 4) is 23.3 Å². The van der Waals surface area contributed by atoms with Gasteiger partial charge in [-0.05, 0) is 19.1 Å². The molecule has 2 aromatic heterocycles. The third-order valence-corrected chi connectivity index (χ3v) is 4.24. The number of benzene rings is 1. The topological polar surface area (TPSA) is 76.6 Å². The Bertz CT molecular complexity index is 1060. The highest BCUT2D eigenvalue weighted by Gasteiger charge is 2.35. The zero-order valence-electron chi connectivity index (χ0n) is 14.7. The summed E-state index contributed by atoms with van der Waals surface area (Å²) >= 11 is 6.05. The highest BCUT2D eigenvalue weighted by molar-refractivity contribution is 6.31. The molecule has 0 N–H and O–H groups in total. The van der Waals surface area contributed by atoms with Gasteiger partial charge in [-0.3, -0.25) is 0 Å². The van der Waals surface area contributed by atoms with Gasteiger partial charge in [0.1, 0.15) is 11.1 Å². The van der Waals surface area contributed by atoms with Crippen molar-refractivity contribution < 1.29 is 17.9 Å². The van der Waals surface area contributed by atoms with E-state index in [1.54, 1.807) is 14.0 Å². The first-order valence-electron chi connectivity index (χ1n) is 8.00. The van der Waals surface area contributed by atoms with Gasteiger partial charge in [0.2, 0.25) is 5.88 Å². The molecule has 0 aliphatic heterocycles. The average Bonchev–Trinajstić information content (AvgIpc) is 3.04. The Hall–Kier alpha value is -3.12. The quantitative estimate of drug-likeness (QED) is 0.633. The number of ether oxygens (including phenoxy) is 1. The summed E-state index contributed by atoms with van der Waals surface area (Å²) in [6, 6.07) is 8.45. The van der Waals surface area contributed by atoms with Crippen molar-refractivity contribution in [3.63, 3.8) is 0 Å². The SMILES string of the molecule is C[C@H](Oc1ncc(C#N)cc1Cl)c1nnc(-c2ccccc2C(F)(F)F)n1C. The van der Waals surface area contributed by atoms with E-state index < -0.39 is 17.8 Å². The van der Waals surface area contributed by atoms with Crippen LogP contribution in [0.25, 0.3) is 11.4 Å². The Morgan fingerprint density at radius 1 is 1.25 bits per heavy atom. The third kappa shape index (κ3) is 3.77. The maximum Gasteiger partial charge on any atom is 0.417 e. The summed E-state index contributed by atoms with van der Waals surface area (Å²) in [4.78, 5) is 3.97. The van der Waals surface area contributed by atoms with Crippen LogP contribution in [0.15, 0.2) is 36.5 Å². The standard InChI is InChI=1S/C18H13ClF3N5O/c1-10(28-17-14(19)7-11(8-23)9-24-17)15-25-26-16(27(15)2)12-5-3-4-6-13(12)18(20,21)22/h3-7,9-10H,1-2H3/t10-/m0/s1. The number of alkyl halides is 3. The summed E-state index contributed by atoms with van der Waals surface area (Å²) in [6.45, 7) is 1.64. The molecule has 0 aliphatic carbocycles. The van der Waals surface area contributed by atoms with E-state index >= 15 is 0 Å². The fourth-order valence-corrected chi connectivity index (χ4v) is 2.86. The van der Waals surface area contributed by atoms with Crippen LogP contribution < -0.4 is 4.74 Å². The van der Waals surface area contributed by atoms with Gasteiger partial charge in [0.15, 0.2) is 17.8 Å². The van der Waals surface area contributed by atoms with Crippen molar-refractivity contribution in [2.24, 2.45) is 7.05 Å². The summed E-state index contributed by atoms with van der Waals surface area (Å²) < 4.78 is 47.0. The second-order valence-electron chi connectivity index (χ2n) is 5.87. The summed E-state index contributed by atoms with van der Waals surface area (Å²) in [5, 5.41) is 16.9. The minimum Gasteiger partial charge on any atom is -0.465 e. The Morgan fingerprint density at radius 2 is 1.96 bits per heavy atom. The van der Waals surface area contributed by atoms with Crippen LogP contribution in [0.1, 0.15) is 30.0 Å². The molecule has 2 heterocycles. The van der Waals surface area contributed by atoms with Gasteiger partial charge >= 0.3 is 6.18 Å². The van der Waals surface area contributed by atoms with E-state index in [-0.39, 0.29) is 33.7 Å². The number of nitriles is 1. The number of hydrogen-bond donors (Lipinski definition) is 0. The van der Waals surface area contributed by atoms with Crippen molar-refractivity contribution in [1.82, 2.24) is 19.7 Å². The van der Waals surface area contributed by atoms with Gasteiger partial charge in [0, 0.05) is 18.8 Å². The zero-order valence-corrected chi connectivity index (χ0v) is 15.5. The molecule has 0 amide bonds. The lowest BCUT2D eigenvalue weighted by Gasteiger charge is -2.15. The number of pyridine rings is 1. The lowest BCUT2D eigenvalue weighted by atomic mass is 10.1. The molecule has 3 aromatic rings. The van der Waals surface area contributed by atoms with E-state index in [4.69, 9.17) is 21.6 Å². The van der Waals surface area contributed by atoms with Crippen LogP contribution in [0, 0.1) is 11.3 Å². The van der Waals surface area contributed by atoms with Crippen molar-refractivity contribution in [2.75, 3.05) is 0 Å². The second kappa shape index (κ2) is 7.48. The molecule has 0 spiro atoms. The first-order valence-corrected chi connectivity index (χ1v) is 8.38. The molecule has 0 fully saturated rings. The van der Waals surface area contributed by atoms with Crippen molar-refractivity contribution in [2.45, 2.75) is 19.2 Å². The van der Waals surface area contributed by atoms with Crippen LogP contribution in [-0.2, 0) is 13.2 Å².